The van der Waals surface area contributed by atoms with Crippen molar-refractivity contribution in [3.63, 3.8) is 0 Å². The third-order valence-electron chi connectivity index (χ3n) is 5.00. The largest absolute Gasteiger partial charge is 0.465 e. The van der Waals surface area contributed by atoms with Crippen LogP contribution in [0.25, 0.3) is 0 Å². The fourth-order valence-corrected chi connectivity index (χ4v) is 4.20. The maximum atomic E-state index is 13.6. The van der Waals surface area contributed by atoms with Gasteiger partial charge in [0, 0.05) is 28.7 Å². The Bertz CT molecular complexity index is 877. The third kappa shape index (κ3) is 4.22. The van der Waals surface area contributed by atoms with Gasteiger partial charge in [-0.2, -0.15) is 0 Å². The van der Waals surface area contributed by atoms with Gasteiger partial charge < -0.3 is 10.0 Å². The molecule has 1 heterocycles. The molecule has 0 saturated carbocycles. The van der Waals surface area contributed by atoms with Crippen molar-refractivity contribution in [2.24, 2.45) is 0 Å². The zero-order valence-electron chi connectivity index (χ0n) is 16.4. The molecular formula is C22H25BrN2O3. The second kappa shape index (κ2) is 7.95. The molecule has 0 radical (unpaired) electrons. The molecule has 2 amide bonds. The summed E-state index contributed by atoms with van der Waals surface area (Å²) in [5.74, 6) is -0.178. The average molecular weight is 445 g/mol. The average Bonchev–Trinajstić information content (AvgIpc) is 3.02. The molecule has 0 fully saturated rings. The molecule has 2 aromatic carbocycles. The summed E-state index contributed by atoms with van der Waals surface area (Å²) >= 11 is 3.47. The van der Waals surface area contributed by atoms with Gasteiger partial charge in [0.15, 0.2) is 0 Å². The highest BCUT2D eigenvalue weighted by Crippen LogP contribution is 2.32. The molecule has 5 nitrogen and oxygen atoms in total. The predicted molar refractivity (Wildman–Crippen MR) is 114 cm³/mol. The summed E-state index contributed by atoms with van der Waals surface area (Å²) in [5, 5.41) is 9.93. The van der Waals surface area contributed by atoms with E-state index in [-0.39, 0.29) is 5.91 Å². The Morgan fingerprint density at radius 1 is 1.18 bits per heavy atom. The van der Waals surface area contributed by atoms with Crippen LogP contribution in [0.1, 0.15) is 31.9 Å². The second-order valence-corrected chi connectivity index (χ2v) is 8.96. The van der Waals surface area contributed by atoms with E-state index < -0.39 is 17.7 Å². The maximum absolute atomic E-state index is 13.6. The molecular weight excluding hydrogens is 420 g/mol. The van der Waals surface area contributed by atoms with E-state index in [0.29, 0.717) is 13.0 Å². The monoisotopic (exact) mass is 444 g/mol. The van der Waals surface area contributed by atoms with Crippen molar-refractivity contribution in [1.29, 1.82) is 0 Å². The van der Waals surface area contributed by atoms with Gasteiger partial charge >= 0.3 is 6.09 Å². The van der Waals surface area contributed by atoms with Crippen molar-refractivity contribution in [2.45, 2.75) is 45.2 Å². The first kappa shape index (κ1) is 20.4. The summed E-state index contributed by atoms with van der Waals surface area (Å²) in [7, 11) is 0. The molecule has 6 heteroatoms. The number of carboxylic acid groups (broad SMARTS) is 1. The Hall–Kier alpha value is -2.34. The SMILES string of the molecule is CC(C)(C)N(C(=O)O)[C@@H](Cc1ccccc1)C(=O)N1CCc2cc(Br)ccc21. The van der Waals surface area contributed by atoms with Crippen LogP contribution in [-0.4, -0.2) is 40.1 Å². The number of benzene rings is 2. The smallest absolute Gasteiger partial charge is 0.408 e. The Balaban J connectivity index is 1.99. The summed E-state index contributed by atoms with van der Waals surface area (Å²) in [5.41, 5.74) is 2.19. The van der Waals surface area contributed by atoms with Crippen LogP contribution in [-0.2, 0) is 17.6 Å². The minimum Gasteiger partial charge on any atom is -0.465 e. The van der Waals surface area contributed by atoms with Crippen LogP contribution < -0.4 is 4.90 Å². The van der Waals surface area contributed by atoms with E-state index in [4.69, 9.17) is 0 Å². The number of anilines is 1. The molecule has 1 N–H and O–H groups in total. The Labute approximate surface area is 174 Å². The van der Waals surface area contributed by atoms with Crippen LogP contribution in [0.3, 0.4) is 0 Å². The van der Waals surface area contributed by atoms with Crippen molar-refractivity contribution in [2.75, 3.05) is 11.4 Å². The molecule has 1 aliphatic heterocycles. The second-order valence-electron chi connectivity index (χ2n) is 8.04. The van der Waals surface area contributed by atoms with E-state index in [1.807, 2.05) is 69.3 Å². The lowest BCUT2D eigenvalue weighted by Gasteiger charge is -2.40. The fraction of sp³-hybridized carbons (Fsp3) is 0.364. The number of hydrogen-bond donors (Lipinski definition) is 1. The predicted octanol–water partition coefficient (Wildman–Crippen LogP) is 4.73. The summed E-state index contributed by atoms with van der Waals surface area (Å²) < 4.78 is 0.975. The van der Waals surface area contributed by atoms with Gasteiger partial charge in [0.25, 0.3) is 0 Å². The number of rotatable bonds is 4. The Morgan fingerprint density at radius 2 is 1.86 bits per heavy atom. The minimum atomic E-state index is -1.09. The van der Waals surface area contributed by atoms with E-state index >= 15 is 0 Å². The first-order valence-electron chi connectivity index (χ1n) is 9.34. The van der Waals surface area contributed by atoms with E-state index in [0.717, 1.165) is 27.7 Å². The molecule has 0 aromatic heterocycles. The van der Waals surface area contributed by atoms with Gasteiger partial charge in [-0.3, -0.25) is 9.69 Å². The fourth-order valence-electron chi connectivity index (χ4n) is 3.79. The van der Waals surface area contributed by atoms with Gasteiger partial charge in [-0.15, -0.1) is 0 Å². The quantitative estimate of drug-likeness (QED) is 0.741. The van der Waals surface area contributed by atoms with Crippen LogP contribution >= 0.6 is 15.9 Å². The van der Waals surface area contributed by atoms with Crippen molar-refractivity contribution in [3.8, 4) is 0 Å². The van der Waals surface area contributed by atoms with Crippen molar-refractivity contribution >= 4 is 33.6 Å². The lowest BCUT2D eigenvalue weighted by Crippen LogP contribution is -2.58. The van der Waals surface area contributed by atoms with Gasteiger partial charge in [0.2, 0.25) is 5.91 Å². The van der Waals surface area contributed by atoms with Gasteiger partial charge in [-0.05, 0) is 56.5 Å². The van der Waals surface area contributed by atoms with Gasteiger partial charge in [-0.25, -0.2) is 4.79 Å². The van der Waals surface area contributed by atoms with Gasteiger partial charge in [-0.1, -0.05) is 46.3 Å². The molecule has 148 valence electrons. The summed E-state index contributed by atoms with van der Waals surface area (Å²) in [6.07, 6.45) is 0.0178. The van der Waals surface area contributed by atoms with Crippen molar-refractivity contribution < 1.29 is 14.7 Å². The van der Waals surface area contributed by atoms with Crippen LogP contribution in [0.5, 0.6) is 0 Å². The molecule has 28 heavy (non-hydrogen) atoms. The number of halogens is 1. The van der Waals surface area contributed by atoms with Crippen LogP contribution in [0.15, 0.2) is 53.0 Å². The number of amides is 2. The first-order valence-corrected chi connectivity index (χ1v) is 10.1. The summed E-state index contributed by atoms with van der Waals surface area (Å²) in [4.78, 5) is 28.8. The highest BCUT2D eigenvalue weighted by atomic mass is 79.9. The lowest BCUT2D eigenvalue weighted by molar-refractivity contribution is -0.124. The van der Waals surface area contributed by atoms with Crippen LogP contribution in [0.4, 0.5) is 10.5 Å². The Kier molecular flexibility index (Phi) is 5.79. The van der Waals surface area contributed by atoms with Crippen LogP contribution in [0, 0.1) is 0 Å². The molecule has 0 spiro atoms. The normalized spacial score (nSPS) is 14.5. The van der Waals surface area contributed by atoms with Crippen LogP contribution in [0.2, 0.25) is 0 Å². The molecule has 0 saturated heterocycles. The zero-order chi connectivity index (χ0) is 20.5. The number of carbonyl (C=O) groups excluding carboxylic acids is 1. The molecule has 1 atom stereocenters. The van der Waals surface area contributed by atoms with Gasteiger partial charge in [0.1, 0.15) is 6.04 Å². The third-order valence-corrected chi connectivity index (χ3v) is 5.49. The summed E-state index contributed by atoms with van der Waals surface area (Å²) in [6.45, 7) is 6.03. The highest BCUT2D eigenvalue weighted by molar-refractivity contribution is 9.10. The zero-order valence-corrected chi connectivity index (χ0v) is 17.9. The van der Waals surface area contributed by atoms with E-state index in [1.165, 1.54) is 4.90 Å². The standard InChI is InChI=1S/C22H25BrN2O3/c1-22(2,3)25(21(27)28)19(13-15-7-5-4-6-8-15)20(26)24-12-11-16-14-17(23)9-10-18(16)24/h4-10,14,19H,11-13H2,1-3H3,(H,27,28)/t19-/m0/s1. The maximum Gasteiger partial charge on any atom is 0.408 e. The first-order chi connectivity index (χ1) is 13.2. The van der Waals surface area contributed by atoms with E-state index in [1.54, 1.807) is 4.90 Å². The molecule has 1 aliphatic rings. The topological polar surface area (TPSA) is 60.9 Å². The highest BCUT2D eigenvalue weighted by Gasteiger charge is 2.41. The molecule has 0 bridgehead atoms. The van der Waals surface area contributed by atoms with Gasteiger partial charge in [0.05, 0.1) is 0 Å². The lowest BCUT2D eigenvalue weighted by atomic mass is 9.97. The number of fused-ring (bicyclic) bond motifs is 1. The molecule has 2 aromatic rings. The molecule has 0 unspecified atom stereocenters. The summed E-state index contributed by atoms with van der Waals surface area (Å²) in [6, 6.07) is 14.6. The number of carbonyl (C=O) groups is 2. The van der Waals surface area contributed by atoms with Crippen molar-refractivity contribution in [3.05, 3.63) is 64.1 Å². The Morgan fingerprint density at radius 3 is 2.46 bits per heavy atom. The minimum absolute atomic E-state index is 0.178. The van der Waals surface area contributed by atoms with E-state index in [9.17, 15) is 14.7 Å². The van der Waals surface area contributed by atoms with E-state index in [2.05, 4.69) is 15.9 Å². The number of hydrogen-bond acceptors (Lipinski definition) is 2. The van der Waals surface area contributed by atoms with Crippen molar-refractivity contribution in [1.82, 2.24) is 4.90 Å². The molecule has 3 rings (SSSR count). The molecule has 0 aliphatic carbocycles. The number of nitrogens with zero attached hydrogens (tertiary/aromatic N) is 2.